The van der Waals surface area contributed by atoms with Crippen LogP contribution in [0.3, 0.4) is 0 Å². The van der Waals surface area contributed by atoms with Crippen LogP contribution in [0.4, 0.5) is 5.00 Å². The lowest BCUT2D eigenvalue weighted by Gasteiger charge is -2.35. The molecule has 4 nitrogen and oxygen atoms in total. The highest BCUT2D eigenvalue weighted by molar-refractivity contribution is 7.98. The molecule has 3 aromatic rings. The molecule has 1 fully saturated rings. The number of anilines is 1. The largest absolute Gasteiger partial charge is 0.379 e. The number of thiophene rings is 1. The summed E-state index contributed by atoms with van der Waals surface area (Å²) in [6.07, 6.45) is 2.10. The zero-order chi connectivity index (χ0) is 21.8. The summed E-state index contributed by atoms with van der Waals surface area (Å²) in [5.41, 5.74) is 4.37. The number of hydrogen-bond donors (Lipinski definition) is 1. The maximum atomic E-state index is 13.0. The molecule has 0 bridgehead atoms. The van der Waals surface area contributed by atoms with E-state index in [1.54, 1.807) is 23.1 Å². The van der Waals surface area contributed by atoms with Crippen molar-refractivity contribution >= 4 is 34.0 Å². The Kier molecular flexibility index (Phi) is 7.13. The van der Waals surface area contributed by atoms with Gasteiger partial charge in [-0.25, -0.2) is 0 Å². The molecule has 1 atom stereocenters. The lowest BCUT2D eigenvalue weighted by atomic mass is 9.94. The van der Waals surface area contributed by atoms with Crippen LogP contribution < -0.4 is 5.32 Å². The zero-order valence-corrected chi connectivity index (χ0v) is 19.8. The molecule has 0 saturated carbocycles. The summed E-state index contributed by atoms with van der Waals surface area (Å²) in [4.78, 5) is 17.9. The monoisotopic (exact) mass is 452 g/mol. The number of hydrogen-bond acceptors (Lipinski definition) is 5. The van der Waals surface area contributed by atoms with Gasteiger partial charge >= 0.3 is 0 Å². The van der Waals surface area contributed by atoms with E-state index in [-0.39, 0.29) is 11.9 Å². The van der Waals surface area contributed by atoms with E-state index in [1.807, 2.05) is 30.3 Å². The number of carbonyl (C=O) groups is 1. The van der Waals surface area contributed by atoms with E-state index < -0.39 is 0 Å². The summed E-state index contributed by atoms with van der Waals surface area (Å²) in [6, 6.07) is 18.3. The molecule has 1 aromatic heterocycles. The van der Waals surface area contributed by atoms with Crippen LogP contribution in [0.2, 0.25) is 0 Å². The Morgan fingerprint density at radius 2 is 1.74 bits per heavy atom. The van der Waals surface area contributed by atoms with E-state index in [2.05, 4.69) is 54.6 Å². The van der Waals surface area contributed by atoms with Crippen LogP contribution in [0.5, 0.6) is 0 Å². The lowest BCUT2D eigenvalue weighted by Crippen LogP contribution is -2.39. The van der Waals surface area contributed by atoms with Crippen LogP contribution in [0, 0.1) is 13.8 Å². The molecule has 31 heavy (non-hydrogen) atoms. The number of thioether (sulfide) groups is 1. The Labute approximate surface area is 192 Å². The van der Waals surface area contributed by atoms with E-state index >= 15 is 0 Å². The van der Waals surface area contributed by atoms with Crippen LogP contribution >= 0.6 is 23.1 Å². The van der Waals surface area contributed by atoms with Crippen LogP contribution in [-0.4, -0.2) is 43.4 Å². The molecule has 162 valence electrons. The number of rotatable bonds is 6. The van der Waals surface area contributed by atoms with Gasteiger partial charge in [-0.15, -0.1) is 23.1 Å². The molecule has 0 unspecified atom stereocenters. The van der Waals surface area contributed by atoms with E-state index in [1.165, 1.54) is 26.5 Å². The summed E-state index contributed by atoms with van der Waals surface area (Å²) in [5.74, 6) is -0.0680. The molecule has 2 aromatic carbocycles. The second-order valence-electron chi connectivity index (χ2n) is 7.67. The maximum Gasteiger partial charge on any atom is 0.256 e. The molecule has 1 aliphatic rings. The average Bonchev–Trinajstić information content (AvgIpc) is 3.09. The fraction of sp³-hybridized carbons (Fsp3) is 0.320. The normalized spacial score (nSPS) is 15.6. The van der Waals surface area contributed by atoms with Crippen molar-refractivity contribution in [2.45, 2.75) is 24.8 Å². The highest BCUT2D eigenvalue weighted by atomic mass is 32.2. The Hall–Kier alpha value is -2.12. The van der Waals surface area contributed by atoms with Crippen molar-refractivity contribution in [1.29, 1.82) is 0 Å². The molecule has 0 aliphatic carbocycles. The lowest BCUT2D eigenvalue weighted by molar-refractivity contribution is 0.0240. The SMILES string of the molecule is CSc1ccc([C@H](c2c(NC(=O)c3ccccc3)sc(C)c2C)N2CCOCC2)cc1. The molecule has 0 spiro atoms. The maximum absolute atomic E-state index is 13.0. The first-order chi connectivity index (χ1) is 15.1. The highest BCUT2D eigenvalue weighted by Gasteiger charge is 2.30. The van der Waals surface area contributed by atoms with Gasteiger partial charge in [-0.3, -0.25) is 9.69 Å². The molecular formula is C25H28N2O2S2. The van der Waals surface area contributed by atoms with Crippen molar-refractivity contribution in [3.05, 3.63) is 81.7 Å². The van der Waals surface area contributed by atoms with Gasteiger partial charge in [0.15, 0.2) is 0 Å². The number of aryl methyl sites for hydroxylation is 1. The number of amides is 1. The first kappa shape index (κ1) is 22.1. The Bertz CT molecular complexity index is 1030. The first-order valence-corrected chi connectivity index (χ1v) is 12.5. The number of nitrogens with zero attached hydrogens (tertiary/aromatic N) is 1. The van der Waals surface area contributed by atoms with Gasteiger partial charge in [-0.1, -0.05) is 30.3 Å². The van der Waals surface area contributed by atoms with Crippen molar-refractivity contribution in [2.75, 3.05) is 37.9 Å². The molecule has 1 saturated heterocycles. The van der Waals surface area contributed by atoms with Crippen molar-refractivity contribution in [2.24, 2.45) is 0 Å². The Morgan fingerprint density at radius 3 is 2.39 bits per heavy atom. The topological polar surface area (TPSA) is 41.6 Å². The summed E-state index contributed by atoms with van der Waals surface area (Å²) in [7, 11) is 0. The third-order valence-electron chi connectivity index (χ3n) is 5.81. The summed E-state index contributed by atoms with van der Waals surface area (Å²) < 4.78 is 5.63. The number of carbonyl (C=O) groups excluding carboxylic acids is 1. The molecule has 0 radical (unpaired) electrons. The number of ether oxygens (including phenoxy) is 1. The quantitative estimate of drug-likeness (QED) is 0.483. The minimum atomic E-state index is -0.0680. The van der Waals surface area contributed by atoms with E-state index in [4.69, 9.17) is 4.74 Å². The van der Waals surface area contributed by atoms with Gasteiger partial charge in [0.1, 0.15) is 5.00 Å². The third-order valence-corrected chi connectivity index (χ3v) is 7.69. The molecule has 4 rings (SSSR count). The fourth-order valence-electron chi connectivity index (χ4n) is 4.01. The number of morpholine rings is 1. The second kappa shape index (κ2) is 10.0. The minimum absolute atomic E-state index is 0.0680. The Balaban J connectivity index is 1.75. The van der Waals surface area contributed by atoms with Crippen LogP contribution in [0.1, 0.15) is 38.0 Å². The summed E-state index contributed by atoms with van der Waals surface area (Å²) >= 11 is 3.41. The fourth-order valence-corrected chi connectivity index (χ4v) is 5.51. The highest BCUT2D eigenvalue weighted by Crippen LogP contribution is 2.42. The molecule has 1 aliphatic heterocycles. The summed E-state index contributed by atoms with van der Waals surface area (Å²) in [5, 5.41) is 4.16. The van der Waals surface area contributed by atoms with Crippen molar-refractivity contribution in [3.63, 3.8) is 0 Å². The van der Waals surface area contributed by atoms with E-state index in [9.17, 15) is 4.79 Å². The molecule has 1 amide bonds. The number of benzene rings is 2. The van der Waals surface area contributed by atoms with Crippen molar-refractivity contribution in [1.82, 2.24) is 4.90 Å². The van der Waals surface area contributed by atoms with Crippen LogP contribution in [0.15, 0.2) is 59.5 Å². The van der Waals surface area contributed by atoms with Gasteiger partial charge in [0.05, 0.1) is 19.3 Å². The molecular weight excluding hydrogens is 424 g/mol. The van der Waals surface area contributed by atoms with Gasteiger partial charge in [0.2, 0.25) is 0 Å². The molecule has 2 heterocycles. The summed E-state index contributed by atoms with van der Waals surface area (Å²) in [6.45, 7) is 7.50. The van der Waals surface area contributed by atoms with Gasteiger partial charge in [-0.2, -0.15) is 0 Å². The zero-order valence-electron chi connectivity index (χ0n) is 18.2. The second-order valence-corrected chi connectivity index (χ2v) is 9.77. The standard InChI is InChI=1S/C25H28N2O2S2/c1-17-18(2)31-25(26-24(28)20-7-5-4-6-8-20)22(17)23(27-13-15-29-16-14-27)19-9-11-21(30-3)12-10-19/h4-12,23H,13-16H2,1-3H3,(H,26,28)/t23-/m1/s1. The molecule has 6 heteroatoms. The van der Waals surface area contributed by atoms with Gasteiger partial charge < -0.3 is 10.1 Å². The first-order valence-electron chi connectivity index (χ1n) is 10.5. The smallest absolute Gasteiger partial charge is 0.256 e. The predicted octanol–water partition coefficient (Wildman–Crippen LogP) is 5.76. The van der Waals surface area contributed by atoms with Crippen LogP contribution in [0.25, 0.3) is 0 Å². The average molecular weight is 453 g/mol. The Morgan fingerprint density at radius 1 is 1.06 bits per heavy atom. The molecule has 1 N–H and O–H groups in total. The van der Waals surface area contributed by atoms with E-state index in [0.29, 0.717) is 5.56 Å². The van der Waals surface area contributed by atoms with E-state index in [0.717, 1.165) is 31.3 Å². The van der Waals surface area contributed by atoms with Crippen molar-refractivity contribution < 1.29 is 9.53 Å². The van der Waals surface area contributed by atoms with Gasteiger partial charge in [-0.05, 0) is 55.5 Å². The van der Waals surface area contributed by atoms with Gasteiger partial charge in [0.25, 0.3) is 5.91 Å². The third kappa shape index (κ3) is 4.88. The number of nitrogens with one attached hydrogen (secondary N) is 1. The van der Waals surface area contributed by atoms with Gasteiger partial charge in [0, 0.05) is 34.0 Å². The predicted molar refractivity (Wildman–Crippen MR) is 131 cm³/mol. The van der Waals surface area contributed by atoms with Crippen molar-refractivity contribution in [3.8, 4) is 0 Å². The van der Waals surface area contributed by atoms with Crippen LogP contribution in [-0.2, 0) is 4.74 Å². The minimum Gasteiger partial charge on any atom is -0.379 e.